The van der Waals surface area contributed by atoms with Gasteiger partial charge in [0.2, 0.25) is 0 Å². The van der Waals surface area contributed by atoms with Crippen LogP contribution in [0.15, 0.2) is 53.6 Å². The Kier molecular flexibility index (Phi) is 3.86. The number of rotatable bonds is 4. The van der Waals surface area contributed by atoms with Crippen molar-refractivity contribution in [1.82, 2.24) is 20.4 Å². The van der Waals surface area contributed by atoms with E-state index in [0.29, 0.717) is 11.1 Å². The molecule has 0 bridgehead atoms. The molecule has 0 atom stereocenters. The fourth-order valence-electron chi connectivity index (χ4n) is 1.96. The van der Waals surface area contributed by atoms with Gasteiger partial charge in [-0.1, -0.05) is 35.5 Å². The van der Waals surface area contributed by atoms with Gasteiger partial charge in [-0.25, -0.2) is 14.5 Å². The molecule has 1 amide bonds. The minimum absolute atomic E-state index is 0.0187. The summed E-state index contributed by atoms with van der Waals surface area (Å²) in [7, 11) is 0. The lowest BCUT2D eigenvalue weighted by Gasteiger charge is -2.01. The average Bonchev–Trinajstić information content (AvgIpc) is 2.92. The van der Waals surface area contributed by atoms with E-state index in [1.807, 2.05) is 24.3 Å². The molecule has 0 aliphatic heterocycles. The Morgan fingerprint density at radius 1 is 1.23 bits per heavy atom. The fourth-order valence-corrected chi connectivity index (χ4v) is 1.96. The number of halogens is 1. The monoisotopic (exact) mass is 297 g/mol. The van der Waals surface area contributed by atoms with E-state index >= 15 is 0 Å². The number of nitrogens with zero attached hydrogens (tertiary/aromatic N) is 4. The highest BCUT2D eigenvalue weighted by Gasteiger charge is 2.07. The Morgan fingerprint density at radius 2 is 2.00 bits per heavy atom. The first-order chi connectivity index (χ1) is 10.7. The first-order valence-electron chi connectivity index (χ1n) is 6.59. The van der Waals surface area contributed by atoms with Crippen LogP contribution in [0.25, 0.3) is 11.0 Å². The van der Waals surface area contributed by atoms with Crippen molar-refractivity contribution in [2.24, 2.45) is 5.10 Å². The van der Waals surface area contributed by atoms with E-state index in [2.05, 4.69) is 20.8 Å². The van der Waals surface area contributed by atoms with Gasteiger partial charge in [-0.15, -0.1) is 5.10 Å². The Balaban J connectivity index is 1.65. The highest BCUT2D eigenvalue weighted by atomic mass is 19.1. The number of carbonyl (C=O) groups excluding carboxylic acids is 1. The molecule has 0 radical (unpaired) electrons. The third kappa shape index (κ3) is 2.98. The predicted molar refractivity (Wildman–Crippen MR) is 79.7 cm³/mol. The van der Waals surface area contributed by atoms with Crippen molar-refractivity contribution in [2.45, 2.75) is 6.54 Å². The van der Waals surface area contributed by atoms with Crippen molar-refractivity contribution in [2.75, 3.05) is 0 Å². The standard InChI is InChI=1S/C15H12FN5O/c16-12-6-2-1-5-11(12)9-17-19-15(22)10-21-14-8-4-3-7-13(14)18-20-21/h1-9H,10H2,(H,19,22). The van der Waals surface area contributed by atoms with E-state index in [9.17, 15) is 9.18 Å². The van der Waals surface area contributed by atoms with Gasteiger partial charge in [-0.05, 0) is 18.2 Å². The minimum atomic E-state index is -0.400. The second-order valence-electron chi connectivity index (χ2n) is 4.55. The number of aromatic nitrogens is 3. The number of carbonyl (C=O) groups is 1. The molecule has 0 saturated heterocycles. The largest absolute Gasteiger partial charge is 0.271 e. The third-order valence-electron chi connectivity index (χ3n) is 3.01. The quantitative estimate of drug-likeness (QED) is 0.588. The number of para-hydroxylation sites is 1. The van der Waals surface area contributed by atoms with Crippen LogP contribution in [0.4, 0.5) is 4.39 Å². The van der Waals surface area contributed by atoms with E-state index in [-0.39, 0.29) is 12.5 Å². The van der Waals surface area contributed by atoms with Crippen molar-refractivity contribution in [3.05, 3.63) is 59.9 Å². The van der Waals surface area contributed by atoms with E-state index in [0.717, 1.165) is 5.52 Å². The van der Waals surface area contributed by atoms with Crippen LogP contribution in [0.5, 0.6) is 0 Å². The van der Waals surface area contributed by atoms with Gasteiger partial charge in [0.05, 0.1) is 11.7 Å². The molecule has 0 unspecified atom stereocenters. The Morgan fingerprint density at radius 3 is 2.86 bits per heavy atom. The second kappa shape index (κ2) is 6.13. The molecular formula is C15H12FN5O. The van der Waals surface area contributed by atoms with E-state index in [1.165, 1.54) is 17.0 Å². The van der Waals surface area contributed by atoms with Crippen LogP contribution in [0.1, 0.15) is 5.56 Å². The number of amides is 1. The van der Waals surface area contributed by atoms with Gasteiger partial charge in [0.1, 0.15) is 17.9 Å². The Labute approximate surface area is 125 Å². The molecule has 6 nitrogen and oxygen atoms in total. The summed E-state index contributed by atoms with van der Waals surface area (Å²) in [6, 6.07) is 13.5. The van der Waals surface area contributed by atoms with Gasteiger partial charge >= 0.3 is 0 Å². The van der Waals surface area contributed by atoms with Crippen molar-refractivity contribution >= 4 is 23.2 Å². The number of hydrazone groups is 1. The summed E-state index contributed by atoms with van der Waals surface area (Å²) in [4.78, 5) is 11.8. The molecule has 7 heteroatoms. The van der Waals surface area contributed by atoms with Crippen LogP contribution in [0.2, 0.25) is 0 Å². The zero-order valence-electron chi connectivity index (χ0n) is 11.5. The van der Waals surface area contributed by atoms with Gasteiger partial charge in [0.25, 0.3) is 5.91 Å². The minimum Gasteiger partial charge on any atom is -0.271 e. The summed E-state index contributed by atoms with van der Waals surface area (Å²) < 4.78 is 14.8. The molecule has 2 aromatic carbocycles. The predicted octanol–water partition coefficient (Wildman–Crippen LogP) is 1.72. The van der Waals surface area contributed by atoms with Crippen LogP contribution in [0.3, 0.4) is 0 Å². The maximum atomic E-state index is 13.4. The third-order valence-corrected chi connectivity index (χ3v) is 3.01. The summed E-state index contributed by atoms with van der Waals surface area (Å²) in [6.45, 7) is -0.0187. The highest BCUT2D eigenvalue weighted by molar-refractivity contribution is 5.83. The number of hydrogen-bond donors (Lipinski definition) is 1. The first-order valence-corrected chi connectivity index (χ1v) is 6.59. The summed E-state index contributed by atoms with van der Waals surface area (Å²) in [5, 5.41) is 11.6. The van der Waals surface area contributed by atoms with Crippen LogP contribution < -0.4 is 5.43 Å². The lowest BCUT2D eigenvalue weighted by Crippen LogP contribution is -2.23. The first kappa shape index (κ1) is 13.9. The molecule has 0 aliphatic rings. The SMILES string of the molecule is O=C(Cn1nnc2ccccc21)NN=Cc1ccccc1F. The van der Waals surface area contributed by atoms with Crippen LogP contribution in [-0.4, -0.2) is 27.1 Å². The van der Waals surface area contributed by atoms with Gasteiger partial charge in [0.15, 0.2) is 0 Å². The van der Waals surface area contributed by atoms with Crippen molar-refractivity contribution in [3.8, 4) is 0 Å². The zero-order valence-corrected chi connectivity index (χ0v) is 11.5. The maximum absolute atomic E-state index is 13.4. The molecule has 22 heavy (non-hydrogen) atoms. The van der Waals surface area contributed by atoms with Crippen LogP contribution in [0, 0.1) is 5.82 Å². The highest BCUT2D eigenvalue weighted by Crippen LogP contribution is 2.09. The number of benzene rings is 2. The topological polar surface area (TPSA) is 72.2 Å². The molecule has 0 aliphatic carbocycles. The van der Waals surface area contributed by atoms with Crippen LogP contribution in [-0.2, 0) is 11.3 Å². The molecule has 1 heterocycles. The second-order valence-corrected chi connectivity index (χ2v) is 4.55. The average molecular weight is 297 g/mol. The van der Waals surface area contributed by atoms with Gasteiger partial charge in [-0.2, -0.15) is 5.10 Å². The summed E-state index contributed by atoms with van der Waals surface area (Å²) in [6.07, 6.45) is 1.26. The molecular weight excluding hydrogens is 285 g/mol. The summed E-state index contributed by atoms with van der Waals surface area (Å²) in [5.41, 5.74) is 4.11. The molecule has 110 valence electrons. The fraction of sp³-hybridized carbons (Fsp3) is 0.0667. The molecule has 1 aromatic heterocycles. The number of hydrogen-bond acceptors (Lipinski definition) is 4. The lowest BCUT2D eigenvalue weighted by molar-refractivity contribution is -0.121. The normalized spacial score (nSPS) is 11.1. The maximum Gasteiger partial charge on any atom is 0.261 e. The lowest BCUT2D eigenvalue weighted by atomic mass is 10.2. The smallest absolute Gasteiger partial charge is 0.261 e. The van der Waals surface area contributed by atoms with Gasteiger partial charge < -0.3 is 0 Å². The van der Waals surface area contributed by atoms with Crippen LogP contribution >= 0.6 is 0 Å². The molecule has 3 rings (SSSR count). The number of nitrogens with one attached hydrogen (secondary N) is 1. The van der Waals surface area contributed by atoms with E-state index in [1.54, 1.807) is 18.2 Å². The Bertz CT molecular complexity index is 843. The van der Waals surface area contributed by atoms with Gasteiger partial charge in [-0.3, -0.25) is 4.79 Å². The van der Waals surface area contributed by atoms with E-state index in [4.69, 9.17) is 0 Å². The molecule has 0 saturated carbocycles. The van der Waals surface area contributed by atoms with Gasteiger partial charge in [0, 0.05) is 5.56 Å². The number of fused-ring (bicyclic) bond motifs is 1. The molecule has 1 N–H and O–H groups in total. The summed E-state index contributed by atoms with van der Waals surface area (Å²) >= 11 is 0. The Hall–Kier alpha value is -3.09. The zero-order chi connectivity index (χ0) is 15.4. The summed E-state index contributed by atoms with van der Waals surface area (Å²) in [5.74, 6) is -0.772. The van der Waals surface area contributed by atoms with Crippen molar-refractivity contribution in [1.29, 1.82) is 0 Å². The molecule has 0 fully saturated rings. The molecule has 3 aromatic rings. The van der Waals surface area contributed by atoms with Crippen molar-refractivity contribution in [3.63, 3.8) is 0 Å². The van der Waals surface area contributed by atoms with E-state index < -0.39 is 5.82 Å². The molecule has 0 spiro atoms. The van der Waals surface area contributed by atoms with Crippen molar-refractivity contribution < 1.29 is 9.18 Å².